The van der Waals surface area contributed by atoms with Crippen LogP contribution in [0.1, 0.15) is 67.7 Å². The molecule has 2 N–H and O–H groups in total. The summed E-state index contributed by atoms with van der Waals surface area (Å²) in [5.74, 6) is -0.861. The van der Waals surface area contributed by atoms with E-state index in [9.17, 15) is 14.4 Å². The van der Waals surface area contributed by atoms with Crippen LogP contribution in [0.15, 0.2) is 12.2 Å². The first-order chi connectivity index (χ1) is 11.7. The Hall–Kier alpha value is -2.05. The van der Waals surface area contributed by atoms with Gasteiger partial charge < -0.3 is 20.1 Å². The lowest BCUT2D eigenvalue weighted by molar-refractivity contribution is -0.158. The normalized spacial score (nSPS) is 12.7. The zero-order chi connectivity index (χ0) is 20.5. The molecule has 0 aliphatic rings. The minimum absolute atomic E-state index is 0.324. The van der Waals surface area contributed by atoms with Crippen molar-refractivity contribution in [1.82, 2.24) is 10.6 Å². The summed E-state index contributed by atoms with van der Waals surface area (Å²) < 4.78 is 10.5. The van der Waals surface area contributed by atoms with Crippen molar-refractivity contribution in [1.29, 1.82) is 0 Å². The zero-order valence-electron chi connectivity index (χ0n) is 17.2. The van der Waals surface area contributed by atoms with Gasteiger partial charge >= 0.3 is 12.1 Å². The molecule has 0 aromatic heterocycles. The van der Waals surface area contributed by atoms with E-state index in [4.69, 9.17) is 9.47 Å². The third-order valence-electron chi connectivity index (χ3n) is 2.97. The Balaban J connectivity index is 4.47. The number of carbonyl (C=O) groups excluding carboxylic acids is 3. The fourth-order valence-electron chi connectivity index (χ4n) is 1.88. The van der Waals surface area contributed by atoms with Crippen LogP contribution in [0.25, 0.3) is 0 Å². The SMILES string of the molecule is C=C(C)C(=O)N[C@@H](CCCCNC(=O)OC(C)(C)C)C(=O)OC(C)(C)C. The van der Waals surface area contributed by atoms with Gasteiger partial charge in [0, 0.05) is 12.1 Å². The van der Waals surface area contributed by atoms with E-state index in [1.54, 1.807) is 48.5 Å². The van der Waals surface area contributed by atoms with E-state index in [1.165, 1.54) is 0 Å². The third-order valence-corrected chi connectivity index (χ3v) is 2.97. The van der Waals surface area contributed by atoms with E-state index in [-0.39, 0.29) is 5.91 Å². The maximum atomic E-state index is 12.3. The van der Waals surface area contributed by atoms with Crippen LogP contribution in [0.4, 0.5) is 4.79 Å². The minimum Gasteiger partial charge on any atom is -0.458 e. The van der Waals surface area contributed by atoms with Crippen molar-refractivity contribution >= 4 is 18.0 Å². The Labute approximate surface area is 156 Å². The zero-order valence-corrected chi connectivity index (χ0v) is 17.2. The van der Waals surface area contributed by atoms with Crippen LogP contribution in [-0.2, 0) is 19.1 Å². The second kappa shape index (κ2) is 10.2. The molecule has 0 aliphatic heterocycles. The van der Waals surface area contributed by atoms with Gasteiger partial charge in [0.05, 0.1) is 0 Å². The highest BCUT2D eigenvalue weighted by molar-refractivity contribution is 5.95. The topological polar surface area (TPSA) is 93.7 Å². The summed E-state index contributed by atoms with van der Waals surface area (Å²) in [4.78, 5) is 35.7. The molecule has 150 valence electrons. The molecule has 0 saturated carbocycles. The summed E-state index contributed by atoms with van der Waals surface area (Å²) in [7, 11) is 0. The quantitative estimate of drug-likeness (QED) is 0.389. The van der Waals surface area contributed by atoms with Gasteiger partial charge in [0.2, 0.25) is 5.91 Å². The molecule has 0 fully saturated rings. The second-order valence-electron chi connectivity index (χ2n) is 8.26. The molecule has 0 spiro atoms. The van der Waals surface area contributed by atoms with Crippen molar-refractivity contribution in [2.24, 2.45) is 0 Å². The van der Waals surface area contributed by atoms with Crippen molar-refractivity contribution in [2.75, 3.05) is 6.54 Å². The maximum absolute atomic E-state index is 12.3. The molecule has 1 atom stereocenters. The first-order valence-corrected chi connectivity index (χ1v) is 8.87. The third kappa shape index (κ3) is 12.3. The van der Waals surface area contributed by atoms with E-state index in [1.807, 2.05) is 0 Å². The lowest BCUT2D eigenvalue weighted by Crippen LogP contribution is -2.44. The van der Waals surface area contributed by atoms with Crippen LogP contribution in [-0.4, -0.2) is 41.8 Å². The highest BCUT2D eigenvalue weighted by Gasteiger charge is 2.26. The molecule has 7 nitrogen and oxygen atoms in total. The van der Waals surface area contributed by atoms with Crippen LogP contribution in [0.3, 0.4) is 0 Å². The molecule has 0 aromatic rings. The summed E-state index contributed by atoms with van der Waals surface area (Å²) in [6, 6.07) is -0.750. The number of hydrogen-bond acceptors (Lipinski definition) is 5. The van der Waals surface area contributed by atoms with Crippen LogP contribution in [0.5, 0.6) is 0 Å². The number of amides is 2. The van der Waals surface area contributed by atoms with Crippen LogP contribution in [0.2, 0.25) is 0 Å². The molecule has 0 aromatic carbocycles. The number of carbonyl (C=O) groups is 3. The monoisotopic (exact) mass is 370 g/mol. The van der Waals surface area contributed by atoms with E-state index >= 15 is 0 Å². The van der Waals surface area contributed by atoms with Gasteiger partial charge in [-0.2, -0.15) is 0 Å². The average molecular weight is 370 g/mol. The summed E-state index contributed by atoms with van der Waals surface area (Å²) >= 11 is 0. The van der Waals surface area contributed by atoms with Gasteiger partial charge in [0.1, 0.15) is 17.2 Å². The maximum Gasteiger partial charge on any atom is 0.407 e. The first kappa shape index (κ1) is 23.9. The van der Waals surface area contributed by atoms with Gasteiger partial charge in [-0.3, -0.25) is 4.79 Å². The highest BCUT2D eigenvalue weighted by atomic mass is 16.6. The fraction of sp³-hybridized carbons (Fsp3) is 0.737. The Bertz CT molecular complexity index is 515. The molecule has 0 saturated heterocycles. The predicted octanol–water partition coefficient (Wildman–Crippen LogP) is 3.08. The van der Waals surface area contributed by atoms with Crippen LogP contribution in [0, 0.1) is 0 Å². The van der Waals surface area contributed by atoms with Crippen molar-refractivity contribution in [3.63, 3.8) is 0 Å². The molecule has 26 heavy (non-hydrogen) atoms. The fourth-order valence-corrected chi connectivity index (χ4v) is 1.88. The lowest BCUT2D eigenvalue weighted by Gasteiger charge is -2.24. The summed E-state index contributed by atoms with van der Waals surface area (Å²) in [5.41, 5.74) is -0.856. The van der Waals surface area contributed by atoms with Crippen LogP contribution < -0.4 is 10.6 Å². The van der Waals surface area contributed by atoms with Gasteiger partial charge in [0.25, 0.3) is 0 Å². The lowest BCUT2D eigenvalue weighted by atomic mass is 10.1. The Morgan fingerprint density at radius 3 is 1.96 bits per heavy atom. The van der Waals surface area contributed by atoms with E-state index in [0.717, 1.165) is 0 Å². The molecular formula is C19H34N2O5. The van der Waals surface area contributed by atoms with Crippen molar-refractivity contribution in [3.05, 3.63) is 12.2 Å². The van der Waals surface area contributed by atoms with Gasteiger partial charge in [-0.1, -0.05) is 6.58 Å². The standard InChI is InChI=1S/C19H34N2O5/c1-13(2)15(22)21-14(16(23)25-18(3,4)5)11-9-10-12-20-17(24)26-19(6,7)8/h14H,1,9-12H2,2-8H3,(H,20,24)(H,21,22)/t14-/m0/s1. The Kier molecular flexibility index (Phi) is 9.38. The molecule has 0 aliphatic carbocycles. The molecule has 0 rings (SSSR count). The molecule has 0 bridgehead atoms. The Morgan fingerprint density at radius 2 is 1.50 bits per heavy atom. The molecule has 7 heteroatoms. The number of hydrogen-bond donors (Lipinski definition) is 2. The molecule has 0 heterocycles. The molecule has 0 radical (unpaired) electrons. The minimum atomic E-state index is -0.750. The van der Waals surface area contributed by atoms with Crippen molar-refractivity contribution in [2.45, 2.75) is 85.0 Å². The van der Waals surface area contributed by atoms with Gasteiger partial charge in [0.15, 0.2) is 0 Å². The van der Waals surface area contributed by atoms with E-state index in [2.05, 4.69) is 17.2 Å². The predicted molar refractivity (Wildman–Crippen MR) is 101 cm³/mol. The van der Waals surface area contributed by atoms with Gasteiger partial charge in [-0.15, -0.1) is 0 Å². The smallest absolute Gasteiger partial charge is 0.407 e. The Morgan fingerprint density at radius 1 is 0.962 bits per heavy atom. The second-order valence-corrected chi connectivity index (χ2v) is 8.26. The number of unbranched alkanes of at least 4 members (excludes halogenated alkanes) is 1. The number of nitrogens with one attached hydrogen (secondary N) is 2. The summed E-state index contributed by atoms with van der Waals surface area (Å²) in [5, 5.41) is 5.31. The highest BCUT2D eigenvalue weighted by Crippen LogP contribution is 2.12. The van der Waals surface area contributed by atoms with Crippen molar-refractivity contribution in [3.8, 4) is 0 Å². The van der Waals surface area contributed by atoms with Gasteiger partial charge in [-0.25, -0.2) is 9.59 Å². The molecule has 2 amide bonds. The van der Waals surface area contributed by atoms with E-state index < -0.39 is 29.3 Å². The number of rotatable bonds is 8. The number of esters is 1. The van der Waals surface area contributed by atoms with E-state index in [0.29, 0.717) is 31.4 Å². The van der Waals surface area contributed by atoms with Crippen LogP contribution >= 0.6 is 0 Å². The largest absolute Gasteiger partial charge is 0.458 e. The van der Waals surface area contributed by atoms with Crippen molar-refractivity contribution < 1.29 is 23.9 Å². The number of ether oxygens (including phenoxy) is 2. The average Bonchev–Trinajstić information content (AvgIpc) is 2.41. The first-order valence-electron chi connectivity index (χ1n) is 8.87. The molecular weight excluding hydrogens is 336 g/mol. The number of alkyl carbamates (subject to hydrolysis) is 1. The summed E-state index contributed by atoms with van der Waals surface area (Å²) in [6.07, 6.45) is 1.19. The summed E-state index contributed by atoms with van der Waals surface area (Å²) in [6.45, 7) is 16.3. The van der Waals surface area contributed by atoms with Gasteiger partial charge in [-0.05, 0) is 67.7 Å². The molecule has 0 unspecified atom stereocenters.